The van der Waals surface area contributed by atoms with Crippen molar-refractivity contribution in [3.05, 3.63) is 0 Å². The van der Waals surface area contributed by atoms with Crippen LogP contribution in [-0.4, -0.2) is 11.9 Å². The fourth-order valence-electron chi connectivity index (χ4n) is 0.460. The Kier molecular flexibility index (Phi) is 3.25. The van der Waals surface area contributed by atoms with E-state index < -0.39 is 17.4 Å². The van der Waals surface area contributed by atoms with Crippen LogP contribution in [0.4, 0.5) is 0 Å². The summed E-state index contributed by atoms with van der Waals surface area (Å²) in [6.07, 6.45) is 0. The van der Waals surface area contributed by atoms with Crippen molar-refractivity contribution in [2.75, 3.05) is 0 Å². The van der Waals surface area contributed by atoms with Crippen molar-refractivity contribution in [1.82, 2.24) is 5.32 Å². The van der Waals surface area contributed by atoms with Gasteiger partial charge in [-0.3, -0.25) is 4.79 Å². The molecule has 0 saturated carbocycles. The van der Waals surface area contributed by atoms with Crippen LogP contribution in [0.1, 0.15) is 20.8 Å². The Balaban J connectivity index is 4.28. The zero-order valence-corrected chi connectivity index (χ0v) is 7.38. The minimum atomic E-state index is -1.06. The van der Waals surface area contributed by atoms with Gasteiger partial charge in [0.05, 0.1) is 12.1 Å². The molecule has 12 heavy (non-hydrogen) atoms. The van der Waals surface area contributed by atoms with Crippen LogP contribution in [0, 0.1) is 28.1 Å². The lowest BCUT2D eigenvalue weighted by Gasteiger charge is -2.15. The largest absolute Gasteiger partial charge is 0.339 e. The molecule has 0 aromatic carbocycles. The standard InChI is InChI=1S/C8H11N3O/c1-6(4-9)11-7(12)8(2,3)5-10/h6H,1-3H3,(H,11,12)/t6-/m0/s1. The quantitative estimate of drug-likeness (QED) is 0.649. The van der Waals surface area contributed by atoms with Crippen LogP contribution in [0.3, 0.4) is 0 Å². The monoisotopic (exact) mass is 165 g/mol. The Labute approximate surface area is 71.8 Å². The SMILES string of the molecule is C[C@@H](C#N)NC(=O)C(C)(C)C#N. The number of nitrogens with one attached hydrogen (secondary N) is 1. The first kappa shape index (κ1) is 10.4. The smallest absolute Gasteiger partial charge is 0.240 e. The summed E-state index contributed by atoms with van der Waals surface area (Å²) in [5.41, 5.74) is -1.06. The maximum atomic E-state index is 11.2. The highest BCUT2D eigenvalue weighted by Gasteiger charge is 2.27. The van der Waals surface area contributed by atoms with E-state index in [2.05, 4.69) is 5.32 Å². The highest BCUT2D eigenvalue weighted by atomic mass is 16.2. The van der Waals surface area contributed by atoms with Crippen LogP contribution >= 0.6 is 0 Å². The van der Waals surface area contributed by atoms with Crippen LogP contribution in [0.5, 0.6) is 0 Å². The topological polar surface area (TPSA) is 76.7 Å². The normalized spacial score (nSPS) is 12.4. The molecule has 0 fully saturated rings. The van der Waals surface area contributed by atoms with Crippen molar-refractivity contribution in [2.45, 2.75) is 26.8 Å². The van der Waals surface area contributed by atoms with Crippen LogP contribution in [0.15, 0.2) is 0 Å². The van der Waals surface area contributed by atoms with E-state index in [1.165, 1.54) is 13.8 Å². The summed E-state index contributed by atoms with van der Waals surface area (Å²) in [5.74, 6) is -0.418. The van der Waals surface area contributed by atoms with E-state index in [1.807, 2.05) is 12.1 Å². The van der Waals surface area contributed by atoms with Crippen molar-refractivity contribution < 1.29 is 4.79 Å². The van der Waals surface area contributed by atoms with Crippen LogP contribution in [0.25, 0.3) is 0 Å². The third-order valence-electron chi connectivity index (χ3n) is 1.39. The van der Waals surface area contributed by atoms with Gasteiger partial charge in [-0.25, -0.2) is 0 Å². The second-order valence-corrected chi connectivity index (χ2v) is 3.06. The lowest BCUT2D eigenvalue weighted by atomic mass is 9.94. The molecule has 0 unspecified atom stereocenters. The van der Waals surface area contributed by atoms with E-state index in [-0.39, 0.29) is 0 Å². The second kappa shape index (κ2) is 3.73. The van der Waals surface area contributed by atoms with Crippen molar-refractivity contribution in [3.8, 4) is 12.1 Å². The van der Waals surface area contributed by atoms with Crippen LogP contribution in [0.2, 0.25) is 0 Å². The summed E-state index contributed by atoms with van der Waals surface area (Å²) < 4.78 is 0. The van der Waals surface area contributed by atoms with Crippen molar-refractivity contribution in [3.63, 3.8) is 0 Å². The van der Waals surface area contributed by atoms with Crippen molar-refractivity contribution in [2.24, 2.45) is 5.41 Å². The highest BCUT2D eigenvalue weighted by Crippen LogP contribution is 2.12. The molecule has 4 nitrogen and oxygen atoms in total. The molecule has 0 heterocycles. The first-order valence-corrected chi connectivity index (χ1v) is 3.56. The number of hydrogen-bond acceptors (Lipinski definition) is 3. The molecule has 1 N–H and O–H groups in total. The fraction of sp³-hybridized carbons (Fsp3) is 0.625. The van der Waals surface area contributed by atoms with Gasteiger partial charge < -0.3 is 5.32 Å². The van der Waals surface area contributed by atoms with Gasteiger partial charge in [0.15, 0.2) is 0 Å². The maximum Gasteiger partial charge on any atom is 0.240 e. The van der Waals surface area contributed by atoms with E-state index in [0.29, 0.717) is 0 Å². The molecule has 0 radical (unpaired) electrons. The lowest BCUT2D eigenvalue weighted by Crippen LogP contribution is -2.40. The minimum absolute atomic E-state index is 0.418. The fourth-order valence-corrected chi connectivity index (χ4v) is 0.460. The Bertz CT molecular complexity index is 256. The Morgan fingerprint density at radius 1 is 1.50 bits per heavy atom. The number of hydrogen-bond donors (Lipinski definition) is 1. The second-order valence-electron chi connectivity index (χ2n) is 3.06. The third kappa shape index (κ3) is 2.59. The summed E-state index contributed by atoms with van der Waals surface area (Å²) in [5, 5.41) is 19.3. The van der Waals surface area contributed by atoms with Gasteiger partial charge in [-0.05, 0) is 20.8 Å². The first-order chi connectivity index (χ1) is 5.44. The van der Waals surface area contributed by atoms with Crippen LogP contribution < -0.4 is 5.32 Å². The molecule has 0 rings (SSSR count). The zero-order chi connectivity index (χ0) is 9.78. The molecular weight excluding hydrogens is 154 g/mol. The predicted molar refractivity (Wildman–Crippen MR) is 42.6 cm³/mol. The Morgan fingerprint density at radius 2 is 2.00 bits per heavy atom. The molecule has 0 aliphatic heterocycles. The highest BCUT2D eigenvalue weighted by molar-refractivity contribution is 5.84. The van der Waals surface area contributed by atoms with E-state index in [0.717, 1.165) is 0 Å². The van der Waals surface area contributed by atoms with Gasteiger partial charge in [0, 0.05) is 0 Å². The number of carbonyl (C=O) groups is 1. The number of nitriles is 2. The average molecular weight is 165 g/mol. The Morgan fingerprint density at radius 3 is 2.33 bits per heavy atom. The van der Waals surface area contributed by atoms with Gasteiger partial charge in [0.2, 0.25) is 5.91 Å². The molecular formula is C8H11N3O. The third-order valence-corrected chi connectivity index (χ3v) is 1.39. The number of nitrogens with zero attached hydrogens (tertiary/aromatic N) is 2. The first-order valence-electron chi connectivity index (χ1n) is 3.56. The molecule has 1 atom stereocenters. The summed E-state index contributed by atoms with van der Waals surface area (Å²) in [4.78, 5) is 11.2. The summed E-state index contributed by atoms with van der Waals surface area (Å²) >= 11 is 0. The number of amides is 1. The summed E-state index contributed by atoms with van der Waals surface area (Å²) in [6, 6.07) is 3.15. The molecule has 0 aromatic rings. The predicted octanol–water partition coefficient (Wildman–Crippen LogP) is 0.564. The van der Waals surface area contributed by atoms with E-state index in [4.69, 9.17) is 10.5 Å². The Hall–Kier alpha value is -1.55. The van der Waals surface area contributed by atoms with Gasteiger partial charge in [-0.1, -0.05) is 0 Å². The molecule has 64 valence electrons. The molecule has 0 aliphatic carbocycles. The zero-order valence-electron chi connectivity index (χ0n) is 7.38. The summed E-state index contributed by atoms with van der Waals surface area (Å²) in [7, 11) is 0. The summed E-state index contributed by atoms with van der Waals surface area (Å²) in [6.45, 7) is 4.57. The molecule has 0 spiro atoms. The minimum Gasteiger partial charge on any atom is -0.339 e. The van der Waals surface area contributed by atoms with Gasteiger partial charge >= 0.3 is 0 Å². The molecule has 4 heteroatoms. The van der Waals surface area contributed by atoms with Gasteiger partial charge in [-0.15, -0.1) is 0 Å². The van der Waals surface area contributed by atoms with Gasteiger partial charge in [0.25, 0.3) is 0 Å². The molecule has 0 aromatic heterocycles. The maximum absolute atomic E-state index is 11.2. The van der Waals surface area contributed by atoms with E-state index in [9.17, 15) is 4.79 Å². The van der Waals surface area contributed by atoms with Crippen LogP contribution in [-0.2, 0) is 4.79 Å². The van der Waals surface area contributed by atoms with E-state index in [1.54, 1.807) is 6.92 Å². The molecule has 0 saturated heterocycles. The van der Waals surface area contributed by atoms with Gasteiger partial charge in [0.1, 0.15) is 11.5 Å². The van der Waals surface area contributed by atoms with Crippen molar-refractivity contribution in [1.29, 1.82) is 10.5 Å². The molecule has 1 amide bonds. The number of carbonyl (C=O) groups excluding carboxylic acids is 1. The van der Waals surface area contributed by atoms with Gasteiger partial charge in [-0.2, -0.15) is 10.5 Å². The average Bonchev–Trinajstić information content (AvgIpc) is 2.04. The van der Waals surface area contributed by atoms with E-state index >= 15 is 0 Å². The van der Waals surface area contributed by atoms with Crippen molar-refractivity contribution >= 4 is 5.91 Å². The lowest BCUT2D eigenvalue weighted by molar-refractivity contribution is -0.127. The molecule has 0 aliphatic rings. The molecule has 0 bridgehead atoms. The number of rotatable bonds is 2.